The molecular formula is C26H30N2O3. The number of benzene rings is 2. The van der Waals surface area contributed by atoms with Crippen LogP contribution >= 0.6 is 0 Å². The number of nitrogens with zero attached hydrogens (tertiary/aromatic N) is 2. The van der Waals surface area contributed by atoms with Crippen LogP contribution in [0.4, 0.5) is 0 Å². The van der Waals surface area contributed by atoms with Gasteiger partial charge in [0.1, 0.15) is 6.10 Å². The van der Waals surface area contributed by atoms with Gasteiger partial charge >= 0.3 is 0 Å². The molecule has 2 aromatic rings. The topological polar surface area (TPSA) is 49.9 Å². The van der Waals surface area contributed by atoms with Gasteiger partial charge in [-0.25, -0.2) is 0 Å². The summed E-state index contributed by atoms with van der Waals surface area (Å²) in [6, 6.07) is 18.6. The second-order valence-corrected chi connectivity index (χ2v) is 8.33. The van der Waals surface area contributed by atoms with Crippen molar-refractivity contribution in [2.45, 2.75) is 25.4 Å². The molecule has 0 radical (unpaired) electrons. The number of amides is 2. The monoisotopic (exact) mass is 418 g/mol. The molecule has 0 aliphatic carbocycles. The third-order valence-electron chi connectivity index (χ3n) is 6.12. The maximum atomic E-state index is 13.3. The Labute approximate surface area is 184 Å². The first-order valence-electron chi connectivity index (χ1n) is 11.1. The summed E-state index contributed by atoms with van der Waals surface area (Å²) in [4.78, 5) is 30.0. The van der Waals surface area contributed by atoms with Crippen molar-refractivity contribution in [1.82, 2.24) is 9.80 Å². The number of carbonyl (C=O) groups is 2. The zero-order chi connectivity index (χ0) is 21.6. The van der Waals surface area contributed by atoms with Gasteiger partial charge < -0.3 is 14.5 Å². The Bertz CT molecular complexity index is 921. The van der Waals surface area contributed by atoms with Crippen LogP contribution in [0.1, 0.15) is 18.4 Å². The lowest BCUT2D eigenvalue weighted by atomic mass is 9.94. The van der Waals surface area contributed by atoms with Gasteiger partial charge in [-0.3, -0.25) is 9.59 Å². The summed E-state index contributed by atoms with van der Waals surface area (Å²) in [5, 5.41) is 0. The van der Waals surface area contributed by atoms with Crippen molar-refractivity contribution in [2.75, 3.05) is 32.8 Å². The van der Waals surface area contributed by atoms with Gasteiger partial charge in [-0.2, -0.15) is 0 Å². The third-order valence-corrected chi connectivity index (χ3v) is 6.12. The van der Waals surface area contributed by atoms with Gasteiger partial charge in [-0.1, -0.05) is 60.7 Å². The van der Waals surface area contributed by atoms with Gasteiger partial charge in [0.15, 0.2) is 0 Å². The molecule has 0 unspecified atom stereocenters. The summed E-state index contributed by atoms with van der Waals surface area (Å²) in [5.41, 5.74) is 3.39. The number of rotatable bonds is 6. The molecule has 5 nitrogen and oxygen atoms in total. The van der Waals surface area contributed by atoms with E-state index < -0.39 is 0 Å². The lowest BCUT2D eigenvalue weighted by Gasteiger charge is -2.25. The van der Waals surface area contributed by atoms with E-state index in [1.54, 1.807) is 6.08 Å². The molecule has 0 N–H and O–H groups in total. The van der Waals surface area contributed by atoms with Crippen LogP contribution in [-0.4, -0.2) is 60.5 Å². The molecule has 4 rings (SSSR count). The van der Waals surface area contributed by atoms with Crippen LogP contribution in [0.2, 0.25) is 0 Å². The van der Waals surface area contributed by atoms with Crippen LogP contribution in [0, 0.1) is 5.92 Å². The Kier molecular flexibility index (Phi) is 6.82. The molecule has 0 saturated carbocycles. The summed E-state index contributed by atoms with van der Waals surface area (Å²) in [7, 11) is 0. The molecular weight excluding hydrogens is 388 g/mol. The minimum atomic E-state index is -0.358. The van der Waals surface area contributed by atoms with Crippen LogP contribution in [0.25, 0.3) is 11.1 Å². The SMILES string of the molecule is C=CCN1CCN(C(=O)[C@@H]2CCCO2)C[C@H](Cc2cccc(-c3ccccc3)c2)C1=O. The number of hydrogen-bond donors (Lipinski definition) is 0. The van der Waals surface area contributed by atoms with Crippen LogP contribution in [-0.2, 0) is 20.7 Å². The van der Waals surface area contributed by atoms with E-state index in [0.29, 0.717) is 39.2 Å². The van der Waals surface area contributed by atoms with Gasteiger partial charge in [0, 0.05) is 32.8 Å². The highest BCUT2D eigenvalue weighted by atomic mass is 16.5. The number of hydrogen-bond acceptors (Lipinski definition) is 3. The molecule has 0 aromatic heterocycles. The average molecular weight is 419 g/mol. The molecule has 0 bridgehead atoms. The molecule has 2 fully saturated rings. The first-order valence-corrected chi connectivity index (χ1v) is 11.1. The van der Waals surface area contributed by atoms with Gasteiger partial charge in [-0.05, 0) is 36.0 Å². The fourth-order valence-electron chi connectivity index (χ4n) is 4.50. The Morgan fingerprint density at radius 2 is 1.90 bits per heavy atom. The molecule has 0 spiro atoms. The normalized spacial score (nSPS) is 21.7. The summed E-state index contributed by atoms with van der Waals surface area (Å²) in [6.07, 6.45) is 3.68. The van der Waals surface area contributed by atoms with Crippen molar-refractivity contribution >= 4 is 11.8 Å². The Morgan fingerprint density at radius 1 is 1.10 bits per heavy atom. The van der Waals surface area contributed by atoms with E-state index in [4.69, 9.17) is 4.74 Å². The van der Waals surface area contributed by atoms with E-state index in [1.165, 1.54) is 0 Å². The molecule has 2 atom stereocenters. The molecule has 2 saturated heterocycles. The molecule has 2 aromatic carbocycles. The van der Waals surface area contributed by atoms with Crippen molar-refractivity contribution in [3.8, 4) is 11.1 Å². The third kappa shape index (κ3) is 5.05. The Hall–Kier alpha value is -2.92. The highest BCUT2D eigenvalue weighted by molar-refractivity contribution is 5.84. The zero-order valence-electron chi connectivity index (χ0n) is 17.9. The van der Waals surface area contributed by atoms with Crippen LogP contribution in [0.3, 0.4) is 0 Å². The number of carbonyl (C=O) groups excluding carboxylic acids is 2. The minimum Gasteiger partial charge on any atom is -0.368 e. The van der Waals surface area contributed by atoms with Gasteiger partial charge in [-0.15, -0.1) is 6.58 Å². The standard InChI is InChI=1S/C26H30N2O3/c1-2-13-27-14-15-28(26(30)24-12-7-16-31-24)19-23(25(27)29)18-20-8-6-11-22(17-20)21-9-4-3-5-10-21/h2-6,8-11,17,23-24H,1,7,12-16,18-19H2/t23-,24-/m0/s1. The summed E-state index contributed by atoms with van der Waals surface area (Å²) < 4.78 is 5.62. The fraction of sp³-hybridized carbons (Fsp3) is 0.385. The van der Waals surface area contributed by atoms with E-state index in [-0.39, 0.29) is 23.8 Å². The Balaban J connectivity index is 1.55. The van der Waals surface area contributed by atoms with Crippen molar-refractivity contribution in [1.29, 1.82) is 0 Å². The quantitative estimate of drug-likeness (QED) is 0.674. The van der Waals surface area contributed by atoms with Crippen LogP contribution in [0.15, 0.2) is 67.3 Å². The number of ether oxygens (including phenoxy) is 1. The first-order chi connectivity index (χ1) is 15.2. The van der Waals surface area contributed by atoms with Gasteiger partial charge in [0.05, 0.1) is 5.92 Å². The Morgan fingerprint density at radius 3 is 2.65 bits per heavy atom. The lowest BCUT2D eigenvalue weighted by molar-refractivity contribution is -0.141. The van der Waals surface area contributed by atoms with Crippen molar-refractivity contribution in [3.05, 3.63) is 72.8 Å². The van der Waals surface area contributed by atoms with Crippen LogP contribution in [0.5, 0.6) is 0 Å². The van der Waals surface area contributed by atoms with Crippen molar-refractivity contribution < 1.29 is 14.3 Å². The molecule has 2 amide bonds. The first kappa shape index (κ1) is 21.3. The van der Waals surface area contributed by atoms with Gasteiger partial charge in [0.2, 0.25) is 5.91 Å². The molecule has 2 aliphatic heterocycles. The van der Waals surface area contributed by atoms with E-state index in [1.807, 2.05) is 34.1 Å². The highest BCUT2D eigenvalue weighted by Crippen LogP contribution is 2.24. The van der Waals surface area contributed by atoms with E-state index >= 15 is 0 Å². The summed E-state index contributed by atoms with van der Waals surface area (Å²) in [5.74, 6) is -0.166. The maximum Gasteiger partial charge on any atom is 0.251 e. The largest absolute Gasteiger partial charge is 0.368 e. The second-order valence-electron chi connectivity index (χ2n) is 8.33. The van der Waals surface area contributed by atoms with E-state index in [0.717, 1.165) is 29.5 Å². The smallest absolute Gasteiger partial charge is 0.251 e. The van der Waals surface area contributed by atoms with E-state index in [2.05, 4.69) is 36.9 Å². The zero-order valence-corrected chi connectivity index (χ0v) is 17.9. The van der Waals surface area contributed by atoms with E-state index in [9.17, 15) is 9.59 Å². The molecule has 162 valence electrons. The van der Waals surface area contributed by atoms with Crippen LogP contribution < -0.4 is 0 Å². The van der Waals surface area contributed by atoms with Gasteiger partial charge in [0.25, 0.3) is 5.91 Å². The molecule has 31 heavy (non-hydrogen) atoms. The second kappa shape index (κ2) is 9.92. The fourth-order valence-corrected chi connectivity index (χ4v) is 4.50. The van der Waals surface area contributed by atoms with Crippen molar-refractivity contribution in [2.24, 2.45) is 5.92 Å². The molecule has 5 heteroatoms. The molecule has 2 aliphatic rings. The summed E-state index contributed by atoms with van der Waals surface area (Å²) in [6.45, 7) is 6.44. The summed E-state index contributed by atoms with van der Waals surface area (Å²) >= 11 is 0. The lowest BCUT2D eigenvalue weighted by Crippen LogP contribution is -2.42. The minimum absolute atomic E-state index is 0.0220. The molecule has 2 heterocycles. The highest BCUT2D eigenvalue weighted by Gasteiger charge is 2.35. The predicted molar refractivity (Wildman–Crippen MR) is 121 cm³/mol. The average Bonchev–Trinajstić information content (AvgIpc) is 3.30. The van der Waals surface area contributed by atoms with Crippen molar-refractivity contribution in [3.63, 3.8) is 0 Å². The predicted octanol–water partition coefficient (Wildman–Crippen LogP) is 3.55. The maximum absolute atomic E-state index is 13.3.